The molecule has 0 bridgehead atoms. The van der Waals surface area contributed by atoms with Crippen molar-refractivity contribution in [2.45, 2.75) is 43.9 Å². The van der Waals surface area contributed by atoms with Crippen molar-refractivity contribution in [3.63, 3.8) is 0 Å². The fourth-order valence-electron chi connectivity index (χ4n) is 4.72. The van der Waals surface area contributed by atoms with E-state index in [1.807, 2.05) is 30.3 Å². The number of anilines is 3. The van der Waals surface area contributed by atoms with Crippen molar-refractivity contribution in [1.29, 1.82) is 0 Å². The van der Waals surface area contributed by atoms with Crippen molar-refractivity contribution >= 4 is 23.4 Å². The van der Waals surface area contributed by atoms with Crippen LogP contribution >= 0.6 is 0 Å². The maximum atomic E-state index is 13.4. The first-order valence-corrected chi connectivity index (χ1v) is 11.9. The number of carbonyl (C=O) groups is 1. The Morgan fingerprint density at radius 2 is 1.76 bits per heavy atom. The Bertz CT molecular complexity index is 1150. The van der Waals surface area contributed by atoms with Crippen molar-refractivity contribution in [2.24, 2.45) is 5.92 Å². The number of rotatable bonds is 8. The molecule has 3 aromatic rings. The van der Waals surface area contributed by atoms with Gasteiger partial charge >= 0.3 is 5.97 Å². The van der Waals surface area contributed by atoms with Gasteiger partial charge < -0.3 is 15.4 Å². The lowest BCUT2D eigenvalue weighted by Gasteiger charge is -2.26. The number of esters is 1. The second-order valence-electron chi connectivity index (χ2n) is 9.28. The number of benzene rings is 2. The molecule has 0 atom stereocenters. The van der Waals surface area contributed by atoms with Crippen LogP contribution in [0.5, 0.6) is 0 Å². The van der Waals surface area contributed by atoms with Crippen LogP contribution in [-0.4, -0.2) is 29.6 Å². The quantitative estimate of drug-likeness (QED) is 0.412. The molecular formula is C27H29FN4O2. The van der Waals surface area contributed by atoms with Gasteiger partial charge in [0.2, 0.25) is 5.95 Å². The molecule has 0 saturated heterocycles. The Labute approximate surface area is 199 Å². The summed E-state index contributed by atoms with van der Waals surface area (Å²) in [5.74, 6) is 1.45. The number of nitrogens with zero attached hydrogens (tertiary/aromatic N) is 2. The largest absolute Gasteiger partial charge is 0.468 e. The highest BCUT2D eigenvalue weighted by molar-refractivity contribution is 5.83. The van der Waals surface area contributed by atoms with Crippen molar-refractivity contribution in [3.05, 3.63) is 66.0 Å². The molecule has 6 nitrogen and oxygen atoms in total. The SMILES string of the molecule is COC(=O)C1(c2ccc(Nc3nc(NCC4CC4)cc(-c4ccc(F)cc4)n3)cc2)CCCC1. The van der Waals surface area contributed by atoms with E-state index in [0.29, 0.717) is 17.6 Å². The van der Waals surface area contributed by atoms with Gasteiger partial charge in [-0.3, -0.25) is 4.79 Å². The topological polar surface area (TPSA) is 76.1 Å². The predicted molar refractivity (Wildman–Crippen MR) is 131 cm³/mol. The Morgan fingerprint density at radius 3 is 2.41 bits per heavy atom. The van der Waals surface area contributed by atoms with Crippen LogP contribution in [0, 0.1) is 11.7 Å². The molecule has 2 aliphatic rings. The molecule has 0 radical (unpaired) electrons. The third-order valence-corrected chi connectivity index (χ3v) is 6.86. The zero-order valence-corrected chi connectivity index (χ0v) is 19.3. The van der Waals surface area contributed by atoms with Crippen LogP contribution < -0.4 is 10.6 Å². The van der Waals surface area contributed by atoms with Gasteiger partial charge in [-0.25, -0.2) is 9.37 Å². The second-order valence-corrected chi connectivity index (χ2v) is 9.28. The number of aromatic nitrogens is 2. The molecule has 0 aliphatic heterocycles. The maximum absolute atomic E-state index is 13.4. The van der Waals surface area contributed by atoms with Gasteiger partial charge in [-0.05, 0) is 73.6 Å². The highest BCUT2D eigenvalue weighted by Gasteiger charge is 2.43. The molecule has 0 unspecified atom stereocenters. The standard InChI is InChI=1S/C27H29FN4O2/c1-34-25(33)27(14-2-3-15-27)20-8-12-22(13-9-20)30-26-31-23(19-6-10-21(28)11-7-19)16-24(32-26)29-17-18-4-5-18/h6-13,16,18H,2-5,14-15,17H2,1H3,(H2,29,30,31,32). The number of hydrogen-bond acceptors (Lipinski definition) is 6. The van der Waals surface area contributed by atoms with E-state index in [-0.39, 0.29) is 11.8 Å². The summed E-state index contributed by atoms with van der Waals surface area (Å²) in [5.41, 5.74) is 2.79. The maximum Gasteiger partial charge on any atom is 0.316 e. The van der Waals surface area contributed by atoms with Crippen LogP contribution in [-0.2, 0) is 14.9 Å². The minimum absolute atomic E-state index is 0.160. The normalized spacial score (nSPS) is 16.8. The first kappa shape index (κ1) is 22.3. The molecule has 2 saturated carbocycles. The molecular weight excluding hydrogens is 431 g/mol. The Hall–Kier alpha value is -3.48. The van der Waals surface area contributed by atoms with E-state index in [9.17, 15) is 9.18 Å². The van der Waals surface area contributed by atoms with Gasteiger partial charge in [0.25, 0.3) is 0 Å². The highest BCUT2D eigenvalue weighted by atomic mass is 19.1. The van der Waals surface area contributed by atoms with E-state index in [4.69, 9.17) is 4.74 Å². The number of carbonyl (C=O) groups excluding carboxylic acids is 1. The van der Waals surface area contributed by atoms with Gasteiger partial charge in [0, 0.05) is 23.9 Å². The lowest BCUT2D eigenvalue weighted by Crippen LogP contribution is -2.33. The third kappa shape index (κ3) is 4.74. The molecule has 34 heavy (non-hydrogen) atoms. The summed E-state index contributed by atoms with van der Waals surface area (Å²) in [6.07, 6.45) is 6.16. The fourth-order valence-corrected chi connectivity index (χ4v) is 4.72. The number of halogens is 1. The van der Waals surface area contributed by atoms with Crippen LogP contribution in [0.4, 0.5) is 21.8 Å². The molecule has 1 heterocycles. The van der Waals surface area contributed by atoms with Crippen molar-refractivity contribution in [3.8, 4) is 11.3 Å². The van der Waals surface area contributed by atoms with Crippen LogP contribution in [0.2, 0.25) is 0 Å². The van der Waals surface area contributed by atoms with Crippen LogP contribution in [0.3, 0.4) is 0 Å². The second kappa shape index (κ2) is 9.41. The molecule has 2 fully saturated rings. The lowest BCUT2D eigenvalue weighted by atomic mass is 9.79. The van der Waals surface area contributed by atoms with Crippen molar-refractivity contribution in [1.82, 2.24) is 9.97 Å². The van der Waals surface area contributed by atoms with Gasteiger partial charge in [-0.2, -0.15) is 4.98 Å². The highest BCUT2D eigenvalue weighted by Crippen LogP contribution is 2.42. The molecule has 7 heteroatoms. The van der Waals surface area contributed by atoms with Gasteiger partial charge in [-0.15, -0.1) is 0 Å². The van der Waals surface area contributed by atoms with E-state index in [2.05, 4.69) is 20.6 Å². The molecule has 0 spiro atoms. The van der Waals surface area contributed by atoms with E-state index in [1.165, 1.54) is 32.1 Å². The molecule has 2 N–H and O–H groups in total. The Morgan fingerprint density at radius 1 is 1.06 bits per heavy atom. The minimum atomic E-state index is -0.549. The number of methoxy groups -OCH3 is 1. The van der Waals surface area contributed by atoms with Gasteiger partial charge in [0.05, 0.1) is 18.2 Å². The monoisotopic (exact) mass is 460 g/mol. The van der Waals surface area contributed by atoms with E-state index in [1.54, 1.807) is 12.1 Å². The summed E-state index contributed by atoms with van der Waals surface area (Å²) in [7, 11) is 1.46. The van der Waals surface area contributed by atoms with E-state index in [0.717, 1.165) is 54.9 Å². The fraction of sp³-hybridized carbons (Fsp3) is 0.370. The summed E-state index contributed by atoms with van der Waals surface area (Å²) in [4.78, 5) is 21.9. The number of ether oxygens (including phenoxy) is 1. The zero-order chi connectivity index (χ0) is 23.5. The van der Waals surface area contributed by atoms with E-state index >= 15 is 0 Å². The molecule has 2 aliphatic carbocycles. The first-order chi connectivity index (χ1) is 16.6. The lowest BCUT2D eigenvalue weighted by molar-refractivity contribution is -0.147. The van der Waals surface area contributed by atoms with Gasteiger partial charge in [0.15, 0.2) is 0 Å². The average Bonchev–Trinajstić information content (AvgIpc) is 3.56. The minimum Gasteiger partial charge on any atom is -0.468 e. The summed E-state index contributed by atoms with van der Waals surface area (Å²) in [6.45, 7) is 0.879. The number of hydrogen-bond donors (Lipinski definition) is 2. The molecule has 176 valence electrons. The van der Waals surface area contributed by atoms with Gasteiger partial charge in [-0.1, -0.05) is 25.0 Å². The van der Waals surface area contributed by atoms with Gasteiger partial charge in [0.1, 0.15) is 11.6 Å². The van der Waals surface area contributed by atoms with Crippen molar-refractivity contribution in [2.75, 3.05) is 24.3 Å². The predicted octanol–water partition coefficient (Wildman–Crippen LogP) is 5.83. The summed E-state index contributed by atoms with van der Waals surface area (Å²) in [6, 6.07) is 16.1. The summed E-state index contributed by atoms with van der Waals surface area (Å²) in [5, 5.41) is 6.70. The van der Waals surface area contributed by atoms with Crippen LogP contribution in [0.25, 0.3) is 11.3 Å². The van der Waals surface area contributed by atoms with Crippen molar-refractivity contribution < 1.29 is 13.9 Å². The average molecular weight is 461 g/mol. The Balaban J connectivity index is 1.40. The summed E-state index contributed by atoms with van der Waals surface area (Å²) < 4.78 is 18.6. The molecule has 0 amide bonds. The number of nitrogens with one attached hydrogen (secondary N) is 2. The zero-order valence-electron chi connectivity index (χ0n) is 19.3. The molecule has 5 rings (SSSR count). The molecule has 2 aromatic carbocycles. The van der Waals surface area contributed by atoms with E-state index < -0.39 is 5.41 Å². The third-order valence-electron chi connectivity index (χ3n) is 6.86. The summed E-state index contributed by atoms with van der Waals surface area (Å²) >= 11 is 0. The first-order valence-electron chi connectivity index (χ1n) is 11.9. The smallest absolute Gasteiger partial charge is 0.316 e. The Kier molecular flexibility index (Phi) is 6.18. The van der Waals surface area contributed by atoms with Crippen LogP contribution in [0.1, 0.15) is 44.1 Å². The van der Waals surface area contributed by atoms with Crippen LogP contribution in [0.15, 0.2) is 54.6 Å². The molecule has 1 aromatic heterocycles.